The van der Waals surface area contributed by atoms with Crippen LogP contribution in [-0.4, -0.2) is 26.7 Å². The lowest BCUT2D eigenvalue weighted by atomic mass is 10.1. The molecule has 0 bridgehead atoms. The summed E-state index contributed by atoms with van der Waals surface area (Å²) in [7, 11) is -0.623. The Labute approximate surface area is 97.2 Å². The second-order valence-electron chi connectivity index (χ2n) is 3.81. The van der Waals surface area contributed by atoms with E-state index >= 15 is 0 Å². The minimum atomic E-state index is -0.623. The van der Waals surface area contributed by atoms with Gasteiger partial charge in [-0.25, -0.2) is 4.98 Å². The number of nitriles is 1. The number of nitrogens with zero attached hydrogens (tertiary/aromatic N) is 2. The van der Waals surface area contributed by atoms with Crippen LogP contribution in [0.15, 0.2) is 18.3 Å². The minimum Gasteiger partial charge on any atom is -0.381 e. The third-order valence-electron chi connectivity index (χ3n) is 2.64. The van der Waals surface area contributed by atoms with E-state index in [1.165, 1.54) is 0 Å². The normalized spacial score (nSPS) is 24.7. The Kier molecular flexibility index (Phi) is 3.52. The summed E-state index contributed by atoms with van der Waals surface area (Å²) in [6.07, 6.45) is 3.54. The fourth-order valence-corrected chi connectivity index (χ4v) is 3.02. The first-order chi connectivity index (χ1) is 7.78. The molecule has 1 aromatic rings. The molecule has 16 heavy (non-hydrogen) atoms. The van der Waals surface area contributed by atoms with Gasteiger partial charge >= 0.3 is 0 Å². The molecule has 0 aromatic carbocycles. The van der Waals surface area contributed by atoms with Crippen LogP contribution in [0.5, 0.6) is 0 Å². The van der Waals surface area contributed by atoms with Crippen molar-refractivity contribution in [3.8, 4) is 6.07 Å². The van der Waals surface area contributed by atoms with Crippen molar-refractivity contribution in [1.29, 1.82) is 5.26 Å². The lowest BCUT2D eigenvalue weighted by Crippen LogP contribution is -2.29. The first-order valence-electron chi connectivity index (χ1n) is 5.25. The maximum atomic E-state index is 11.2. The molecule has 0 radical (unpaired) electrons. The van der Waals surface area contributed by atoms with Gasteiger partial charge in [0, 0.05) is 28.3 Å². The molecule has 2 heterocycles. The number of rotatable bonds is 2. The van der Waals surface area contributed by atoms with Crippen LogP contribution < -0.4 is 5.32 Å². The van der Waals surface area contributed by atoms with Crippen LogP contribution in [0.1, 0.15) is 18.5 Å². The van der Waals surface area contributed by atoms with E-state index in [1.54, 1.807) is 12.3 Å². The van der Waals surface area contributed by atoms with Crippen molar-refractivity contribution in [2.45, 2.75) is 18.9 Å². The number of anilines is 1. The predicted molar refractivity (Wildman–Crippen MR) is 63.5 cm³/mol. The van der Waals surface area contributed by atoms with E-state index in [4.69, 9.17) is 5.26 Å². The first kappa shape index (κ1) is 11.1. The average Bonchev–Trinajstić information content (AvgIpc) is 2.33. The van der Waals surface area contributed by atoms with Gasteiger partial charge in [0.25, 0.3) is 0 Å². The van der Waals surface area contributed by atoms with Crippen molar-refractivity contribution in [3.05, 3.63) is 24.0 Å². The Bertz CT molecular complexity index is 414. The van der Waals surface area contributed by atoms with Gasteiger partial charge in [-0.2, -0.15) is 5.26 Å². The molecule has 1 aliphatic heterocycles. The van der Waals surface area contributed by atoms with Gasteiger partial charge in [-0.1, -0.05) is 0 Å². The Hall–Kier alpha value is -1.41. The summed E-state index contributed by atoms with van der Waals surface area (Å²) in [5, 5.41) is 12.0. The van der Waals surface area contributed by atoms with Gasteiger partial charge in [-0.3, -0.25) is 4.21 Å². The number of hydrogen-bond acceptors (Lipinski definition) is 4. The van der Waals surface area contributed by atoms with E-state index in [1.807, 2.05) is 12.1 Å². The molecule has 0 spiro atoms. The molecular formula is C11H13N3OS. The van der Waals surface area contributed by atoms with Gasteiger partial charge < -0.3 is 5.32 Å². The lowest BCUT2D eigenvalue weighted by molar-refractivity contribution is 0.624. The molecule has 0 saturated carbocycles. The fourth-order valence-electron chi connectivity index (χ4n) is 1.72. The summed E-state index contributed by atoms with van der Waals surface area (Å²) >= 11 is 0. The largest absolute Gasteiger partial charge is 0.381 e. The molecule has 1 saturated heterocycles. The quantitative estimate of drug-likeness (QED) is 0.838. The van der Waals surface area contributed by atoms with E-state index in [0.717, 1.165) is 30.0 Å². The second kappa shape index (κ2) is 5.08. The standard InChI is InChI=1S/C11H13N3OS/c12-7-10-1-2-11(8-13-10)14-9-3-5-16(15)6-4-9/h1-2,8-9,14H,3-6H2. The highest BCUT2D eigenvalue weighted by molar-refractivity contribution is 7.85. The Balaban J connectivity index is 1.94. The summed E-state index contributed by atoms with van der Waals surface area (Å²) < 4.78 is 11.2. The maximum Gasteiger partial charge on any atom is 0.140 e. The highest BCUT2D eigenvalue weighted by atomic mass is 32.2. The Morgan fingerprint density at radius 2 is 2.19 bits per heavy atom. The molecule has 2 rings (SSSR count). The molecule has 0 unspecified atom stereocenters. The zero-order chi connectivity index (χ0) is 11.4. The molecule has 1 N–H and O–H groups in total. The highest BCUT2D eigenvalue weighted by Crippen LogP contribution is 2.15. The highest BCUT2D eigenvalue weighted by Gasteiger charge is 2.17. The number of nitrogens with one attached hydrogen (secondary N) is 1. The van der Waals surface area contributed by atoms with Gasteiger partial charge in [0.05, 0.1) is 11.9 Å². The number of aromatic nitrogens is 1. The predicted octanol–water partition coefficient (Wildman–Crippen LogP) is 1.28. The molecule has 84 valence electrons. The zero-order valence-electron chi connectivity index (χ0n) is 8.85. The molecule has 0 amide bonds. The fraction of sp³-hybridized carbons (Fsp3) is 0.455. The first-order valence-corrected chi connectivity index (χ1v) is 6.74. The van der Waals surface area contributed by atoms with Crippen molar-refractivity contribution >= 4 is 16.5 Å². The molecule has 0 atom stereocenters. The summed E-state index contributed by atoms with van der Waals surface area (Å²) in [5.74, 6) is 1.56. The van der Waals surface area contributed by atoms with Gasteiger partial charge in [0.15, 0.2) is 0 Å². The van der Waals surface area contributed by atoms with Crippen molar-refractivity contribution in [3.63, 3.8) is 0 Å². The average molecular weight is 235 g/mol. The lowest BCUT2D eigenvalue weighted by Gasteiger charge is -2.23. The van der Waals surface area contributed by atoms with Crippen LogP contribution in [-0.2, 0) is 10.8 Å². The summed E-state index contributed by atoms with van der Waals surface area (Å²) in [4.78, 5) is 3.99. The van der Waals surface area contributed by atoms with Crippen LogP contribution in [0.3, 0.4) is 0 Å². The second-order valence-corrected chi connectivity index (χ2v) is 5.51. The molecule has 5 heteroatoms. The molecular weight excluding hydrogens is 222 g/mol. The van der Waals surface area contributed by atoms with Gasteiger partial charge in [-0.15, -0.1) is 0 Å². The third kappa shape index (κ3) is 2.80. The molecule has 4 nitrogen and oxygen atoms in total. The van der Waals surface area contributed by atoms with Crippen molar-refractivity contribution in [1.82, 2.24) is 4.98 Å². The van der Waals surface area contributed by atoms with E-state index < -0.39 is 10.8 Å². The summed E-state index contributed by atoms with van der Waals surface area (Å²) in [6.45, 7) is 0. The summed E-state index contributed by atoms with van der Waals surface area (Å²) in [6, 6.07) is 5.92. The van der Waals surface area contributed by atoms with E-state index in [-0.39, 0.29) is 0 Å². The molecule has 1 aromatic heterocycles. The van der Waals surface area contributed by atoms with Crippen LogP contribution in [0.4, 0.5) is 5.69 Å². The maximum absolute atomic E-state index is 11.2. The Morgan fingerprint density at radius 3 is 2.75 bits per heavy atom. The molecule has 1 fully saturated rings. The van der Waals surface area contributed by atoms with Crippen molar-refractivity contribution in [2.24, 2.45) is 0 Å². The molecule has 1 aliphatic rings. The summed E-state index contributed by atoms with van der Waals surface area (Å²) in [5.41, 5.74) is 1.35. The van der Waals surface area contributed by atoms with Crippen molar-refractivity contribution in [2.75, 3.05) is 16.8 Å². The van der Waals surface area contributed by atoms with E-state index in [9.17, 15) is 4.21 Å². The van der Waals surface area contributed by atoms with Crippen LogP contribution in [0, 0.1) is 11.3 Å². The van der Waals surface area contributed by atoms with Gasteiger partial charge in [-0.05, 0) is 25.0 Å². The van der Waals surface area contributed by atoms with Crippen LogP contribution in [0.25, 0.3) is 0 Å². The number of pyridine rings is 1. The SMILES string of the molecule is N#Cc1ccc(NC2CCS(=O)CC2)cn1. The van der Waals surface area contributed by atoms with Crippen LogP contribution >= 0.6 is 0 Å². The van der Waals surface area contributed by atoms with E-state index in [0.29, 0.717) is 11.7 Å². The number of hydrogen-bond donors (Lipinski definition) is 1. The van der Waals surface area contributed by atoms with E-state index in [2.05, 4.69) is 10.3 Å². The smallest absolute Gasteiger partial charge is 0.140 e. The van der Waals surface area contributed by atoms with Gasteiger partial charge in [0.2, 0.25) is 0 Å². The topological polar surface area (TPSA) is 65.8 Å². The third-order valence-corrected chi connectivity index (χ3v) is 4.02. The van der Waals surface area contributed by atoms with Crippen molar-refractivity contribution < 1.29 is 4.21 Å². The monoisotopic (exact) mass is 235 g/mol. The zero-order valence-corrected chi connectivity index (χ0v) is 9.67. The molecule has 0 aliphatic carbocycles. The Morgan fingerprint density at radius 1 is 1.44 bits per heavy atom. The van der Waals surface area contributed by atoms with Crippen LogP contribution in [0.2, 0.25) is 0 Å². The van der Waals surface area contributed by atoms with Gasteiger partial charge in [0.1, 0.15) is 11.8 Å². The minimum absolute atomic E-state index is 0.382.